The third-order valence-corrected chi connectivity index (χ3v) is 4.26. The van der Waals surface area contributed by atoms with Crippen LogP contribution in [0.5, 0.6) is 11.5 Å². The van der Waals surface area contributed by atoms with Crippen molar-refractivity contribution in [3.8, 4) is 11.5 Å². The Labute approximate surface area is 144 Å². The van der Waals surface area contributed by atoms with E-state index in [9.17, 15) is 14.0 Å². The van der Waals surface area contributed by atoms with E-state index in [1.807, 2.05) is 0 Å². The van der Waals surface area contributed by atoms with E-state index >= 15 is 0 Å². The standard InChI is InChI=1S/C19H18FNO4/c1-21-19(23)14-4-3-11(8-16(14)20)7-12-9-13(10-22)17(24-2)15-5-6-25-18(12)15/h3-4,8-10H,5-7H2,1-2H3,(H,21,23). The number of nitrogens with one attached hydrogen (secondary N) is 1. The van der Waals surface area contributed by atoms with Crippen molar-refractivity contribution < 1.29 is 23.5 Å². The highest BCUT2D eigenvalue weighted by Crippen LogP contribution is 2.40. The van der Waals surface area contributed by atoms with Gasteiger partial charge in [0.1, 0.15) is 17.3 Å². The molecule has 1 aliphatic rings. The van der Waals surface area contributed by atoms with E-state index in [0.29, 0.717) is 42.1 Å². The minimum absolute atomic E-state index is 0.00367. The van der Waals surface area contributed by atoms with Crippen molar-refractivity contribution in [1.82, 2.24) is 5.32 Å². The number of hydrogen-bond acceptors (Lipinski definition) is 4. The van der Waals surface area contributed by atoms with Crippen LogP contribution in [0.15, 0.2) is 24.3 Å². The maximum Gasteiger partial charge on any atom is 0.253 e. The molecule has 0 atom stereocenters. The van der Waals surface area contributed by atoms with Crippen LogP contribution in [-0.4, -0.2) is 33.0 Å². The summed E-state index contributed by atoms with van der Waals surface area (Å²) < 4.78 is 25.2. The third-order valence-electron chi connectivity index (χ3n) is 4.26. The Kier molecular flexibility index (Phi) is 4.70. The molecular formula is C19H18FNO4. The molecule has 130 valence electrons. The van der Waals surface area contributed by atoms with Gasteiger partial charge in [-0.25, -0.2) is 4.39 Å². The first-order valence-corrected chi connectivity index (χ1v) is 7.90. The van der Waals surface area contributed by atoms with E-state index in [2.05, 4.69) is 5.32 Å². The quantitative estimate of drug-likeness (QED) is 0.848. The molecule has 5 nitrogen and oxygen atoms in total. The summed E-state index contributed by atoms with van der Waals surface area (Å²) in [5, 5.41) is 2.40. The van der Waals surface area contributed by atoms with Crippen molar-refractivity contribution in [2.45, 2.75) is 12.8 Å². The number of benzene rings is 2. The molecule has 0 radical (unpaired) electrons. The second-order valence-corrected chi connectivity index (χ2v) is 5.75. The number of ether oxygens (including phenoxy) is 2. The normalized spacial score (nSPS) is 12.3. The second kappa shape index (κ2) is 6.93. The van der Waals surface area contributed by atoms with Gasteiger partial charge in [-0.15, -0.1) is 0 Å². The molecule has 25 heavy (non-hydrogen) atoms. The zero-order valence-corrected chi connectivity index (χ0v) is 14.0. The van der Waals surface area contributed by atoms with Gasteiger partial charge < -0.3 is 14.8 Å². The molecule has 0 unspecified atom stereocenters. The summed E-state index contributed by atoms with van der Waals surface area (Å²) in [6, 6.07) is 6.19. The Hall–Kier alpha value is -2.89. The summed E-state index contributed by atoms with van der Waals surface area (Å²) in [6.45, 7) is 0.519. The Morgan fingerprint density at radius 1 is 1.40 bits per heavy atom. The van der Waals surface area contributed by atoms with Gasteiger partial charge in [-0.05, 0) is 29.3 Å². The lowest BCUT2D eigenvalue weighted by Gasteiger charge is -2.14. The molecule has 1 heterocycles. The van der Waals surface area contributed by atoms with Gasteiger partial charge >= 0.3 is 0 Å². The van der Waals surface area contributed by atoms with Crippen LogP contribution in [0.25, 0.3) is 0 Å². The van der Waals surface area contributed by atoms with Crippen molar-refractivity contribution in [2.75, 3.05) is 20.8 Å². The van der Waals surface area contributed by atoms with E-state index in [1.54, 1.807) is 12.1 Å². The summed E-state index contributed by atoms with van der Waals surface area (Å²) in [5.74, 6) is 0.171. The Balaban J connectivity index is 1.99. The lowest BCUT2D eigenvalue weighted by atomic mass is 9.96. The number of carbonyl (C=O) groups excluding carboxylic acids is 2. The van der Waals surface area contributed by atoms with Crippen LogP contribution in [0, 0.1) is 5.82 Å². The van der Waals surface area contributed by atoms with Crippen molar-refractivity contribution in [2.24, 2.45) is 0 Å². The smallest absolute Gasteiger partial charge is 0.253 e. The maximum atomic E-state index is 14.2. The predicted molar refractivity (Wildman–Crippen MR) is 90.2 cm³/mol. The number of fused-ring (bicyclic) bond motifs is 1. The van der Waals surface area contributed by atoms with Crippen molar-refractivity contribution in [3.05, 3.63) is 57.9 Å². The fraction of sp³-hybridized carbons (Fsp3) is 0.263. The number of rotatable bonds is 5. The first-order chi connectivity index (χ1) is 12.1. The van der Waals surface area contributed by atoms with Gasteiger partial charge in [-0.2, -0.15) is 0 Å². The number of carbonyl (C=O) groups is 2. The minimum Gasteiger partial charge on any atom is -0.496 e. The van der Waals surface area contributed by atoms with Gasteiger partial charge in [-0.3, -0.25) is 9.59 Å². The molecule has 1 aliphatic heterocycles. The molecule has 3 rings (SSSR count). The molecule has 0 aliphatic carbocycles. The molecule has 0 fully saturated rings. The minimum atomic E-state index is -0.585. The van der Waals surface area contributed by atoms with Crippen LogP contribution in [-0.2, 0) is 12.8 Å². The number of halogens is 1. The summed E-state index contributed by atoms with van der Waals surface area (Å²) in [7, 11) is 2.97. The van der Waals surface area contributed by atoms with Crippen LogP contribution in [0.1, 0.15) is 37.4 Å². The van der Waals surface area contributed by atoms with Crippen molar-refractivity contribution in [1.29, 1.82) is 0 Å². The van der Waals surface area contributed by atoms with Gasteiger partial charge in [0.05, 0.1) is 24.8 Å². The Morgan fingerprint density at radius 3 is 2.84 bits per heavy atom. The van der Waals surface area contributed by atoms with Crippen molar-refractivity contribution in [3.63, 3.8) is 0 Å². The van der Waals surface area contributed by atoms with Crippen LogP contribution in [0.2, 0.25) is 0 Å². The largest absolute Gasteiger partial charge is 0.496 e. The maximum absolute atomic E-state index is 14.2. The second-order valence-electron chi connectivity index (χ2n) is 5.75. The molecule has 0 aromatic heterocycles. The molecule has 2 aromatic carbocycles. The number of methoxy groups -OCH3 is 1. The van der Waals surface area contributed by atoms with E-state index in [0.717, 1.165) is 17.4 Å². The molecule has 0 bridgehead atoms. The predicted octanol–water partition coefficient (Wildman–Crippen LogP) is 2.53. The number of aldehydes is 1. The van der Waals surface area contributed by atoms with Crippen LogP contribution < -0.4 is 14.8 Å². The zero-order valence-electron chi connectivity index (χ0n) is 14.0. The van der Waals surface area contributed by atoms with Crippen molar-refractivity contribution >= 4 is 12.2 Å². The van der Waals surface area contributed by atoms with Crippen LogP contribution in [0.4, 0.5) is 4.39 Å². The number of amides is 1. The van der Waals surface area contributed by atoms with Gasteiger partial charge in [0.25, 0.3) is 5.91 Å². The lowest BCUT2D eigenvalue weighted by molar-refractivity contribution is 0.0958. The highest BCUT2D eigenvalue weighted by Gasteiger charge is 2.24. The van der Waals surface area contributed by atoms with Gasteiger partial charge in [0.15, 0.2) is 6.29 Å². The molecule has 2 aromatic rings. The van der Waals surface area contributed by atoms with E-state index in [1.165, 1.54) is 26.3 Å². The molecule has 6 heteroatoms. The molecule has 1 N–H and O–H groups in total. The van der Waals surface area contributed by atoms with E-state index in [-0.39, 0.29) is 5.56 Å². The SMILES string of the molecule is CNC(=O)c1ccc(Cc2cc(C=O)c(OC)c3c2OCC3)cc1F. The Bertz CT molecular complexity index is 848. The van der Waals surface area contributed by atoms with Gasteiger partial charge in [0.2, 0.25) is 0 Å². The molecular weight excluding hydrogens is 325 g/mol. The van der Waals surface area contributed by atoms with E-state index < -0.39 is 11.7 Å². The average molecular weight is 343 g/mol. The fourth-order valence-corrected chi connectivity index (χ4v) is 3.12. The summed E-state index contributed by atoms with van der Waals surface area (Å²) >= 11 is 0. The van der Waals surface area contributed by atoms with Gasteiger partial charge in [0, 0.05) is 25.5 Å². The molecule has 0 saturated carbocycles. The lowest BCUT2D eigenvalue weighted by Crippen LogP contribution is -2.19. The average Bonchev–Trinajstić information content (AvgIpc) is 3.10. The highest BCUT2D eigenvalue weighted by molar-refractivity contribution is 5.94. The Morgan fingerprint density at radius 2 is 2.20 bits per heavy atom. The molecule has 0 spiro atoms. The highest BCUT2D eigenvalue weighted by atomic mass is 19.1. The fourth-order valence-electron chi connectivity index (χ4n) is 3.12. The third kappa shape index (κ3) is 3.07. The van der Waals surface area contributed by atoms with Crippen LogP contribution in [0.3, 0.4) is 0 Å². The molecule has 1 amide bonds. The van der Waals surface area contributed by atoms with Gasteiger partial charge in [-0.1, -0.05) is 6.07 Å². The zero-order chi connectivity index (χ0) is 18.0. The summed E-state index contributed by atoms with van der Waals surface area (Å²) in [4.78, 5) is 23.0. The molecule has 0 saturated heterocycles. The van der Waals surface area contributed by atoms with Crippen LogP contribution >= 0.6 is 0 Å². The summed E-state index contributed by atoms with van der Waals surface area (Å²) in [6.07, 6.45) is 1.80. The topological polar surface area (TPSA) is 64.6 Å². The summed E-state index contributed by atoms with van der Waals surface area (Å²) in [5.41, 5.74) is 2.79. The first kappa shape index (κ1) is 17.0. The van der Waals surface area contributed by atoms with E-state index in [4.69, 9.17) is 9.47 Å². The number of hydrogen-bond donors (Lipinski definition) is 1. The first-order valence-electron chi connectivity index (χ1n) is 7.90. The monoisotopic (exact) mass is 343 g/mol.